The molecule has 1 nitrogen and oxygen atoms in total. The lowest BCUT2D eigenvalue weighted by atomic mass is 10.1. The number of hydrogen-bond donors (Lipinski definition) is 0. The van der Waals surface area contributed by atoms with Gasteiger partial charge >= 0.3 is 0 Å². The van der Waals surface area contributed by atoms with Gasteiger partial charge in [0.2, 0.25) is 0 Å². The summed E-state index contributed by atoms with van der Waals surface area (Å²) in [6, 6.07) is 40.8. The monoisotopic (exact) mass is 391 g/mol. The van der Waals surface area contributed by atoms with Crippen LogP contribution in [0.3, 0.4) is 0 Å². The number of fused-ring (bicyclic) bond motifs is 2. The van der Waals surface area contributed by atoms with Gasteiger partial charge in [0.05, 0.1) is 0 Å². The van der Waals surface area contributed by atoms with E-state index in [-0.39, 0.29) is 0 Å². The van der Waals surface area contributed by atoms with Crippen LogP contribution < -0.4 is 25.6 Å². The van der Waals surface area contributed by atoms with Gasteiger partial charge in [-0.05, 0) is 46.7 Å². The third-order valence-electron chi connectivity index (χ3n) is 6.07. The van der Waals surface area contributed by atoms with Crippen LogP contribution in [0.15, 0.2) is 109 Å². The largest absolute Gasteiger partial charge is 0.339 e. The molecule has 1 heterocycles. The molecule has 0 spiro atoms. The summed E-state index contributed by atoms with van der Waals surface area (Å²) in [6.07, 6.45) is 0. The molecule has 2 heteroatoms. The summed E-state index contributed by atoms with van der Waals surface area (Å²) in [5, 5.41) is 5.83. The van der Waals surface area contributed by atoms with E-state index >= 15 is 0 Å². The van der Waals surface area contributed by atoms with E-state index in [1.54, 1.807) is 0 Å². The second kappa shape index (κ2) is 7.05. The van der Waals surface area contributed by atoms with Crippen molar-refractivity contribution in [2.24, 2.45) is 0 Å². The van der Waals surface area contributed by atoms with Crippen molar-refractivity contribution in [2.45, 2.75) is 19.9 Å². The summed E-state index contributed by atoms with van der Waals surface area (Å²) in [4.78, 5) is 2.52. The standard InChI is InChI=1S/C27H25NSi/c1-21(2)28-24-17-9-11-19-26(24)29(22-13-5-3-6-14-22,23-15-7-4-8-16-23)27-20-12-10-18-25(27)28/h3-21H,1-2H3. The first kappa shape index (κ1) is 18.0. The molecule has 0 aromatic heterocycles. The molecule has 4 aromatic carbocycles. The smallest absolute Gasteiger partial charge is 0.183 e. The summed E-state index contributed by atoms with van der Waals surface area (Å²) in [5.41, 5.74) is 2.70. The van der Waals surface area contributed by atoms with Crippen LogP contribution in [0.1, 0.15) is 13.8 Å². The molecule has 0 bridgehead atoms. The Labute approximate surface area is 174 Å². The molecule has 0 atom stereocenters. The Balaban J connectivity index is 1.98. The van der Waals surface area contributed by atoms with Crippen LogP contribution in [0.5, 0.6) is 0 Å². The van der Waals surface area contributed by atoms with Crippen LogP contribution in [-0.4, -0.2) is 14.1 Å². The average Bonchev–Trinajstić information content (AvgIpc) is 2.78. The maximum absolute atomic E-state index is 2.52. The summed E-state index contributed by atoms with van der Waals surface area (Å²) in [5.74, 6) is 0. The van der Waals surface area contributed by atoms with Crippen molar-refractivity contribution in [1.82, 2.24) is 0 Å². The molecule has 0 amide bonds. The van der Waals surface area contributed by atoms with Gasteiger partial charge in [0.15, 0.2) is 8.07 Å². The maximum atomic E-state index is 2.52. The Hall–Kier alpha value is -3.10. The Kier molecular flexibility index (Phi) is 4.37. The van der Waals surface area contributed by atoms with Crippen LogP contribution in [-0.2, 0) is 0 Å². The van der Waals surface area contributed by atoms with Gasteiger partial charge in [0, 0.05) is 17.4 Å². The Morgan fingerprint density at radius 3 is 1.31 bits per heavy atom. The number of rotatable bonds is 3. The molecule has 1 aliphatic heterocycles. The fourth-order valence-electron chi connectivity index (χ4n) is 5.00. The summed E-state index contributed by atoms with van der Waals surface area (Å²) in [6.45, 7) is 4.57. The Morgan fingerprint density at radius 2 is 0.897 bits per heavy atom. The van der Waals surface area contributed by atoms with E-state index in [0.717, 1.165) is 0 Å². The Bertz CT molecular complexity index is 1050. The van der Waals surface area contributed by atoms with Crippen molar-refractivity contribution in [1.29, 1.82) is 0 Å². The van der Waals surface area contributed by atoms with Gasteiger partial charge in [-0.1, -0.05) is 97.1 Å². The van der Waals surface area contributed by atoms with Crippen molar-refractivity contribution >= 4 is 40.2 Å². The van der Waals surface area contributed by atoms with Gasteiger partial charge in [0.25, 0.3) is 0 Å². The second-order valence-electron chi connectivity index (χ2n) is 7.98. The summed E-state index contributed by atoms with van der Waals surface area (Å²) < 4.78 is 0. The lowest BCUT2D eigenvalue weighted by Crippen LogP contribution is -2.77. The molecule has 5 rings (SSSR count). The van der Waals surface area contributed by atoms with Crippen molar-refractivity contribution in [3.8, 4) is 0 Å². The average molecular weight is 392 g/mol. The highest BCUT2D eigenvalue weighted by Gasteiger charge is 2.48. The van der Waals surface area contributed by atoms with Gasteiger partial charge in [-0.25, -0.2) is 0 Å². The predicted octanol–water partition coefficient (Wildman–Crippen LogP) is 3.92. The third kappa shape index (κ3) is 2.60. The van der Waals surface area contributed by atoms with E-state index in [0.29, 0.717) is 6.04 Å². The van der Waals surface area contributed by atoms with Crippen molar-refractivity contribution in [3.05, 3.63) is 109 Å². The molecular weight excluding hydrogens is 366 g/mol. The van der Waals surface area contributed by atoms with Crippen LogP contribution in [0, 0.1) is 0 Å². The lowest BCUT2D eigenvalue weighted by molar-refractivity contribution is 0.790. The number of nitrogens with zero attached hydrogens (tertiary/aromatic N) is 1. The van der Waals surface area contributed by atoms with E-state index in [1.165, 1.54) is 32.1 Å². The molecule has 0 N–H and O–H groups in total. The molecule has 0 saturated heterocycles. The number of para-hydroxylation sites is 2. The molecule has 4 aromatic rings. The maximum Gasteiger partial charge on any atom is 0.183 e. The van der Waals surface area contributed by atoms with Crippen molar-refractivity contribution in [3.63, 3.8) is 0 Å². The molecular formula is C27H25NSi. The second-order valence-corrected chi connectivity index (χ2v) is 11.7. The van der Waals surface area contributed by atoms with Gasteiger partial charge in [-0.2, -0.15) is 0 Å². The normalized spacial score (nSPS) is 14.4. The quantitative estimate of drug-likeness (QED) is 0.479. The zero-order valence-corrected chi connectivity index (χ0v) is 17.9. The number of anilines is 2. The van der Waals surface area contributed by atoms with E-state index < -0.39 is 8.07 Å². The first-order valence-corrected chi connectivity index (χ1v) is 12.3. The number of hydrogen-bond acceptors (Lipinski definition) is 1. The number of benzene rings is 4. The molecule has 0 saturated carbocycles. The molecule has 0 fully saturated rings. The van der Waals surface area contributed by atoms with Crippen molar-refractivity contribution < 1.29 is 0 Å². The van der Waals surface area contributed by atoms with Crippen LogP contribution in [0.2, 0.25) is 0 Å². The Morgan fingerprint density at radius 1 is 0.517 bits per heavy atom. The van der Waals surface area contributed by atoms with E-state index in [2.05, 4.69) is 128 Å². The van der Waals surface area contributed by atoms with Gasteiger partial charge in [-0.15, -0.1) is 0 Å². The molecule has 0 radical (unpaired) electrons. The van der Waals surface area contributed by atoms with Gasteiger partial charge < -0.3 is 4.90 Å². The van der Waals surface area contributed by atoms with E-state index in [9.17, 15) is 0 Å². The lowest BCUT2D eigenvalue weighted by Gasteiger charge is -2.46. The molecule has 1 aliphatic rings. The van der Waals surface area contributed by atoms with Crippen LogP contribution in [0.25, 0.3) is 0 Å². The fraction of sp³-hybridized carbons (Fsp3) is 0.111. The SMILES string of the molecule is CC(C)N1c2ccccc2[Si](c2ccccc2)(c2ccccc2)c2ccccc21. The van der Waals surface area contributed by atoms with Gasteiger partial charge in [-0.3, -0.25) is 0 Å². The third-order valence-corrected chi connectivity index (χ3v) is 10.9. The van der Waals surface area contributed by atoms with Crippen LogP contribution in [0.4, 0.5) is 11.4 Å². The predicted molar refractivity (Wildman–Crippen MR) is 127 cm³/mol. The van der Waals surface area contributed by atoms with E-state index in [1.807, 2.05) is 0 Å². The molecule has 29 heavy (non-hydrogen) atoms. The van der Waals surface area contributed by atoms with Crippen LogP contribution >= 0.6 is 0 Å². The highest BCUT2D eigenvalue weighted by Crippen LogP contribution is 2.33. The highest BCUT2D eigenvalue weighted by molar-refractivity contribution is 7.21. The molecule has 142 valence electrons. The summed E-state index contributed by atoms with van der Waals surface area (Å²) in [7, 11) is -2.41. The zero-order chi connectivity index (χ0) is 19.8. The topological polar surface area (TPSA) is 3.24 Å². The minimum absolute atomic E-state index is 0.385. The molecule has 0 aliphatic carbocycles. The minimum Gasteiger partial charge on any atom is -0.339 e. The fourth-order valence-corrected chi connectivity index (χ4v) is 10.1. The summed E-state index contributed by atoms with van der Waals surface area (Å²) >= 11 is 0. The van der Waals surface area contributed by atoms with Crippen molar-refractivity contribution in [2.75, 3.05) is 4.90 Å². The highest BCUT2D eigenvalue weighted by atomic mass is 28.3. The zero-order valence-electron chi connectivity index (χ0n) is 16.9. The van der Waals surface area contributed by atoms with Gasteiger partial charge in [0.1, 0.15) is 0 Å². The minimum atomic E-state index is -2.41. The molecule has 0 unspecified atom stereocenters. The first-order valence-electron chi connectivity index (χ1n) is 10.3. The first-order chi connectivity index (χ1) is 14.2. The van der Waals surface area contributed by atoms with E-state index in [4.69, 9.17) is 0 Å².